The highest BCUT2D eigenvalue weighted by Gasteiger charge is 2.28. The number of aliphatic hydroxyl groups excluding tert-OH is 1. The molecule has 3 amide bonds. The zero-order valence-electron chi connectivity index (χ0n) is 16.0. The van der Waals surface area contributed by atoms with Crippen molar-refractivity contribution in [3.8, 4) is 0 Å². The number of amides is 3. The van der Waals surface area contributed by atoms with Gasteiger partial charge in [0, 0.05) is 6.42 Å². The molecule has 0 radical (unpaired) electrons. The first kappa shape index (κ1) is 25.3. The van der Waals surface area contributed by atoms with Crippen LogP contribution in [0.2, 0.25) is 0 Å². The second-order valence-electron chi connectivity index (χ2n) is 6.61. The molecule has 0 aliphatic rings. The van der Waals surface area contributed by atoms with Gasteiger partial charge in [0.2, 0.25) is 17.7 Å². The van der Waals surface area contributed by atoms with Gasteiger partial charge in [-0.05, 0) is 19.3 Å². The SMILES string of the molecule is CC(C)C(NC(=O)C(N)C(C)O)C(=O)NCC(=O)NC(CCC(=O)O)C(=O)O. The van der Waals surface area contributed by atoms with Gasteiger partial charge >= 0.3 is 11.9 Å². The van der Waals surface area contributed by atoms with E-state index in [0.29, 0.717) is 0 Å². The number of carboxylic acid groups (broad SMARTS) is 2. The maximum absolute atomic E-state index is 12.2. The second-order valence-corrected chi connectivity index (χ2v) is 6.61. The summed E-state index contributed by atoms with van der Waals surface area (Å²) in [5.74, 6) is -5.25. The lowest BCUT2D eigenvalue weighted by Crippen LogP contribution is -2.57. The van der Waals surface area contributed by atoms with E-state index in [4.69, 9.17) is 15.9 Å². The van der Waals surface area contributed by atoms with Gasteiger partial charge in [-0.3, -0.25) is 19.2 Å². The van der Waals surface area contributed by atoms with Crippen molar-refractivity contribution in [1.82, 2.24) is 16.0 Å². The molecule has 0 aliphatic carbocycles. The van der Waals surface area contributed by atoms with Gasteiger partial charge in [-0.1, -0.05) is 13.8 Å². The number of aliphatic hydroxyl groups is 1. The molecule has 0 bridgehead atoms. The predicted octanol–water partition coefficient (Wildman–Crippen LogP) is -2.61. The van der Waals surface area contributed by atoms with Gasteiger partial charge in [-0.2, -0.15) is 0 Å². The number of rotatable bonds is 12. The summed E-state index contributed by atoms with van der Waals surface area (Å²) in [6, 6.07) is -3.68. The molecular formula is C16H28N4O8. The van der Waals surface area contributed by atoms with E-state index in [1.54, 1.807) is 13.8 Å². The Hall–Kier alpha value is -2.73. The molecule has 0 spiro atoms. The second kappa shape index (κ2) is 11.9. The Bertz CT molecular complexity index is 593. The topological polar surface area (TPSA) is 208 Å². The quantitative estimate of drug-likeness (QED) is 0.181. The van der Waals surface area contributed by atoms with Crippen molar-refractivity contribution in [2.24, 2.45) is 11.7 Å². The van der Waals surface area contributed by atoms with Gasteiger partial charge in [-0.25, -0.2) is 4.79 Å². The fourth-order valence-electron chi connectivity index (χ4n) is 2.05. The molecule has 0 saturated heterocycles. The van der Waals surface area contributed by atoms with Crippen molar-refractivity contribution >= 4 is 29.7 Å². The van der Waals surface area contributed by atoms with E-state index >= 15 is 0 Å². The zero-order chi connectivity index (χ0) is 22.0. The van der Waals surface area contributed by atoms with Gasteiger partial charge in [0.15, 0.2) is 0 Å². The highest BCUT2D eigenvalue weighted by atomic mass is 16.4. The standard InChI is InChI=1S/C16H28N4O8/c1-7(2)13(20-14(25)12(17)8(3)21)15(26)18-6-10(22)19-9(16(27)28)4-5-11(23)24/h7-9,12-13,21H,4-6,17H2,1-3H3,(H,18,26)(H,19,22)(H,20,25)(H,23,24)(H,27,28). The van der Waals surface area contributed by atoms with Crippen LogP contribution in [0, 0.1) is 5.92 Å². The Morgan fingerprint density at radius 3 is 1.96 bits per heavy atom. The molecule has 0 aliphatic heterocycles. The van der Waals surface area contributed by atoms with Crippen LogP contribution in [-0.2, 0) is 24.0 Å². The Morgan fingerprint density at radius 2 is 1.54 bits per heavy atom. The summed E-state index contributed by atoms with van der Waals surface area (Å²) < 4.78 is 0. The molecule has 12 nitrogen and oxygen atoms in total. The number of aliphatic carboxylic acids is 2. The molecule has 0 fully saturated rings. The van der Waals surface area contributed by atoms with Crippen LogP contribution in [0.5, 0.6) is 0 Å². The number of nitrogens with one attached hydrogen (secondary N) is 3. The minimum absolute atomic E-state index is 0.313. The van der Waals surface area contributed by atoms with E-state index < -0.39 is 66.9 Å². The summed E-state index contributed by atoms with van der Waals surface area (Å²) in [6.07, 6.45) is -1.89. The van der Waals surface area contributed by atoms with Gasteiger partial charge in [0.05, 0.1) is 12.6 Å². The van der Waals surface area contributed by atoms with Gasteiger partial charge < -0.3 is 37.0 Å². The van der Waals surface area contributed by atoms with Crippen LogP contribution >= 0.6 is 0 Å². The molecule has 4 atom stereocenters. The summed E-state index contributed by atoms with van der Waals surface area (Å²) in [5.41, 5.74) is 5.51. The lowest BCUT2D eigenvalue weighted by atomic mass is 10.0. The fraction of sp³-hybridized carbons (Fsp3) is 0.688. The van der Waals surface area contributed by atoms with Crippen molar-refractivity contribution in [3.05, 3.63) is 0 Å². The summed E-state index contributed by atoms with van der Waals surface area (Å²) in [4.78, 5) is 57.6. The first-order valence-corrected chi connectivity index (χ1v) is 8.62. The highest BCUT2D eigenvalue weighted by Crippen LogP contribution is 2.03. The molecule has 0 rings (SSSR count). The van der Waals surface area contributed by atoms with Crippen molar-refractivity contribution in [2.45, 2.75) is 57.8 Å². The zero-order valence-corrected chi connectivity index (χ0v) is 16.0. The molecule has 0 saturated carbocycles. The number of carbonyl (C=O) groups is 5. The summed E-state index contributed by atoms with van der Waals surface area (Å²) in [5, 5.41) is 33.7. The lowest BCUT2D eigenvalue weighted by Gasteiger charge is -2.24. The van der Waals surface area contributed by atoms with Crippen molar-refractivity contribution < 1.29 is 39.3 Å². The molecule has 0 heterocycles. The molecule has 0 aromatic heterocycles. The van der Waals surface area contributed by atoms with E-state index in [9.17, 15) is 29.1 Å². The maximum atomic E-state index is 12.2. The first-order chi connectivity index (χ1) is 12.9. The predicted molar refractivity (Wildman–Crippen MR) is 95.9 cm³/mol. The van der Waals surface area contributed by atoms with Crippen LogP contribution in [0.3, 0.4) is 0 Å². The van der Waals surface area contributed by atoms with Crippen molar-refractivity contribution in [1.29, 1.82) is 0 Å². The molecular weight excluding hydrogens is 376 g/mol. The van der Waals surface area contributed by atoms with E-state index in [0.717, 1.165) is 0 Å². The number of carboxylic acids is 2. The highest BCUT2D eigenvalue weighted by molar-refractivity contribution is 5.92. The van der Waals surface area contributed by atoms with Crippen LogP contribution in [0.4, 0.5) is 0 Å². The van der Waals surface area contributed by atoms with E-state index in [1.165, 1.54) is 6.92 Å². The average Bonchev–Trinajstić information content (AvgIpc) is 2.59. The largest absolute Gasteiger partial charge is 0.481 e. The van der Waals surface area contributed by atoms with Gasteiger partial charge in [0.1, 0.15) is 18.1 Å². The molecule has 0 aromatic rings. The third kappa shape index (κ3) is 9.28. The molecule has 8 N–H and O–H groups in total. The lowest BCUT2D eigenvalue weighted by molar-refractivity contribution is -0.143. The number of hydrogen-bond donors (Lipinski definition) is 7. The van der Waals surface area contributed by atoms with Crippen LogP contribution in [-0.4, -0.2) is 75.8 Å². The van der Waals surface area contributed by atoms with Gasteiger partial charge in [-0.15, -0.1) is 0 Å². The third-order valence-corrected chi connectivity index (χ3v) is 3.77. The number of hydrogen-bond acceptors (Lipinski definition) is 7. The van der Waals surface area contributed by atoms with Crippen LogP contribution in [0.15, 0.2) is 0 Å². The molecule has 12 heteroatoms. The Labute approximate surface area is 161 Å². The van der Waals surface area contributed by atoms with Gasteiger partial charge in [0.25, 0.3) is 0 Å². The van der Waals surface area contributed by atoms with E-state index in [-0.39, 0.29) is 12.3 Å². The molecule has 160 valence electrons. The number of nitrogens with two attached hydrogens (primary N) is 1. The number of carbonyl (C=O) groups excluding carboxylic acids is 3. The smallest absolute Gasteiger partial charge is 0.326 e. The van der Waals surface area contributed by atoms with Crippen LogP contribution in [0.25, 0.3) is 0 Å². The Kier molecular flexibility index (Phi) is 10.7. The third-order valence-electron chi connectivity index (χ3n) is 3.77. The Morgan fingerprint density at radius 1 is 0.964 bits per heavy atom. The summed E-state index contributed by atoms with van der Waals surface area (Å²) in [7, 11) is 0. The monoisotopic (exact) mass is 404 g/mol. The Balaban J connectivity index is 4.75. The van der Waals surface area contributed by atoms with Crippen LogP contribution in [0.1, 0.15) is 33.6 Å². The van der Waals surface area contributed by atoms with Crippen molar-refractivity contribution in [2.75, 3.05) is 6.54 Å². The first-order valence-electron chi connectivity index (χ1n) is 8.62. The summed E-state index contributed by atoms with van der Waals surface area (Å²) in [6.45, 7) is 4.04. The summed E-state index contributed by atoms with van der Waals surface area (Å²) >= 11 is 0. The average molecular weight is 404 g/mol. The molecule has 4 unspecified atom stereocenters. The molecule has 28 heavy (non-hydrogen) atoms. The maximum Gasteiger partial charge on any atom is 0.326 e. The van der Waals surface area contributed by atoms with Crippen LogP contribution < -0.4 is 21.7 Å². The van der Waals surface area contributed by atoms with E-state index in [1.807, 2.05) is 0 Å². The minimum atomic E-state index is -1.41. The van der Waals surface area contributed by atoms with E-state index in [2.05, 4.69) is 16.0 Å². The minimum Gasteiger partial charge on any atom is -0.481 e. The van der Waals surface area contributed by atoms with Crippen molar-refractivity contribution in [3.63, 3.8) is 0 Å². The molecule has 0 aromatic carbocycles. The fourth-order valence-corrected chi connectivity index (χ4v) is 2.05. The normalized spacial score (nSPS) is 15.1.